The molecule has 1 aliphatic carbocycles. The molecule has 0 saturated heterocycles. The number of carbonyl (C=O) groups excluding carboxylic acids is 2. The molecule has 210 valence electrons. The summed E-state index contributed by atoms with van der Waals surface area (Å²) in [6, 6.07) is 24.2. The molecule has 3 N–H and O–H groups in total. The van der Waals surface area contributed by atoms with Crippen molar-refractivity contribution < 1.29 is 29.0 Å². The highest BCUT2D eigenvalue weighted by molar-refractivity contribution is 5.85. The molecule has 0 spiro atoms. The number of amides is 2. The Balaban J connectivity index is 1.12. The number of hydrogen-bond acceptors (Lipinski definition) is 6. The van der Waals surface area contributed by atoms with Gasteiger partial charge < -0.3 is 19.9 Å². The molecule has 1 heterocycles. The molecule has 1 aliphatic rings. The van der Waals surface area contributed by atoms with Gasteiger partial charge in [0.15, 0.2) is 6.04 Å². The van der Waals surface area contributed by atoms with Gasteiger partial charge in [0, 0.05) is 12.1 Å². The van der Waals surface area contributed by atoms with Gasteiger partial charge in [0.25, 0.3) is 0 Å². The van der Waals surface area contributed by atoms with Crippen LogP contribution in [-0.4, -0.2) is 51.6 Å². The molecule has 2 amide bonds. The standard InChI is InChI=1S/C31H30N4O6/c1-20(40-18-21-9-3-2-4-10-21)29(30(37)38)34-28(36)17-35-16-22(15-32-35)33-31(39)41-19-27-25-13-7-5-11-23(25)24-12-6-8-14-26(24)27/h2-16,20,27,29H,17-19H2,1H3,(H,33,39)(H,34,36)(H,37,38)/t20-,29+/m0/s1. The van der Waals surface area contributed by atoms with Crippen LogP contribution in [0, 0.1) is 0 Å². The summed E-state index contributed by atoms with van der Waals surface area (Å²) in [4.78, 5) is 36.9. The van der Waals surface area contributed by atoms with Gasteiger partial charge >= 0.3 is 12.1 Å². The second-order valence-corrected chi connectivity index (χ2v) is 9.76. The van der Waals surface area contributed by atoms with Gasteiger partial charge in [-0.25, -0.2) is 9.59 Å². The van der Waals surface area contributed by atoms with Crippen LogP contribution in [0.2, 0.25) is 0 Å². The number of ether oxygens (including phenoxy) is 2. The van der Waals surface area contributed by atoms with E-state index in [9.17, 15) is 19.5 Å². The summed E-state index contributed by atoms with van der Waals surface area (Å²) in [5.74, 6) is -1.85. The largest absolute Gasteiger partial charge is 0.480 e. The summed E-state index contributed by atoms with van der Waals surface area (Å²) in [6.07, 6.45) is 1.42. The van der Waals surface area contributed by atoms with Crippen LogP contribution >= 0.6 is 0 Å². The molecule has 3 aromatic carbocycles. The van der Waals surface area contributed by atoms with Crippen molar-refractivity contribution in [2.75, 3.05) is 11.9 Å². The SMILES string of the molecule is C[C@H](OCc1ccccc1)[C@@H](NC(=O)Cn1cc(NC(=O)OCC2c3ccccc3-c3ccccc32)cn1)C(=O)O. The highest BCUT2D eigenvalue weighted by atomic mass is 16.5. The van der Waals surface area contributed by atoms with Crippen LogP contribution in [0.3, 0.4) is 0 Å². The van der Waals surface area contributed by atoms with Gasteiger partial charge in [0.2, 0.25) is 5.91 Å². The minimum atomic E-state index is -1.25. The minimum Gasteiger partial charge on any atom is -0.480 e. The van der Waals surface area contributed by atoms with Gasteiger partial charge in [0.05, 0.1) is 24.6 Å². The Hall–Kier alpha value is -4.96. The van der Waals surface area contributed by atoms with Crippen LogP contribution in [-0.2, 0) is 32.2 Å². The number of nitrogens with one attached hydrogen (secondary N) is 2. The van der Waals surface area contributed by atoms with Gasteiger partial charge in [-0.2, -0.15) is 5.10 Å². The smallest absolute Gasteiger partial charge is 0.411 e. The van der Waals surface area contributed by atoms with E-state index in [-0.39, 0.29) is 25.7 Å². The molecule has 2 atom stereocenters. The lowest BCUT2D eigenvalue weighted by Crippen LogP contribution is -2.49. The van der Waals surface area contributed by atoms with E-state index in [0.29, 0.717) is 5.69 Å². The molecule has 5 rings (SSSR count). The Labute approximate surface area is 236 Å². The predicted molar refractivity (Wildman–Crippen MR) is 151 cm³/mol. The predicted octanol–water partition coefficient (Wildman–Crippen LogP) is 4.42. The molecule has 0 saturated carbocycles. The van der Waals surface area contributed by atoms with Crippen LogP contribution in [0.5, 0.6) is 0 Å². The number of fused-ring (bicyclic) bond motifs is 3. The topological polar surface area (TPSA) is 132 Å². The van der Waals surface area contributed by atoms with Gasteiger partial charge in [-0.3, -0.25) is 14.8 Å². The molecule has 41 heavy (non-hydrogen) atoms. The van der Waals surface area contributed by atoms with Crippen LogP contribution in [0.25, 0.3) is 11.1 Å². The van der Waals surface area contributed by atoms with Crippen LogP contribution in [0.1, 0.15) is 29.5 Å². The van der Waals surface area contributed by atoms with Crippen molar-refractivity contribution in [1.82, 2.24) is 15.1 Å². The monoisotopic (exact) mass is 554 g/mol. The molecule has 0 fully saturated rings. The second kappa shape index (κ2) is 12.5. The molecule has 0 aliphatic heterocycles. The normalized spacial score (nSPS) is 13.5. The zero-order valence-corrected chi connectivity index (χ0v) is 22.4. The summed E-state index contributed by atoms with van der Waals surface area (Å²) in [7, 11) is 0. The fourth-order valence-electron chi connectivity index (χ4n) is 4.91. The molecule has 0 unspecified atom stereocenters. The average Bonchev–Trinajstić information content (AvgIpc) is 3.55. The van der Waals surface area contributed by atoms with Gasteiger partial charge in [0.1, 0.15) is 13.2 Å². The fourth-order valence-corrected chi connectivity index (χ4v) is 4.91. The maximum atomic E-state index is 12.6. The highest BCUT2D eigenvalue weighted by Crippen LogP contribution is 2.44. The maximum absolute atomic E-state index is 12.6. The Morgan fingerprint density at radius 1 is 0.951 bits per heavy atom. The maximum Gasteiger partial charge on any atom is 0.411 e. The van der Waals surface area contributed by atoms with E-state index < -0.39 is 30.1 Å². The van der Waals surface area contributed by atoms with Crippen molar-refractivity contribution in [2.45, 2.75) is 38.1 Å². The Morgan fingerprint density at radius 3 is 2.24 bits per heavy atom. The lowest BCUT2D eigenvalue weighted by molar-refractivity contribution is -0.146. The third-order valence-corrected chi connectivity index (χ3v) is 6.94. The first-order valence-electron chi connectivity index (χ1n) is 13.2. The quantitative estimate of drug-likeness (QED) is 0.250. The summed E-state index contributed by atoms with van der Waals surface area (Å²) in [5, 5.41) is 18.8. The zero-order valence-electron chi connectivity index (χ0n) is 22.4. The highest BCUT2D eigenvalue weighted by Gasteiger charge is 2.29. The third-order valence-electron chi connectivity index (χ3n) is 6.94. The summed E-state index contributed by atoms with van der Waals surface area (Å²) in [6.45, 7) is 1.72. The number of hydrogen-bond donors (Lipinski definition) is 3. The number of rotatable bonds is 11. The lowest BCUT2D eigenvalue weighted by Gasteiger charge is -2.22. The van der Waals surface area contributed by atoms with Crippen molar-refractivity contribution in [3.63, 3.8) is 0 Å². The first kappa shape index (κ1) is 27.6. The number of carboxylic acids is 1. The molecule has 1 aromatic heterocycles. The Bertz CT molecular complexity index is 1490. The van der Waals surface area contributed by atoms with Crippen molar-refractivity contribution >= 4 is 23.7 Å². The van der Waals surface area contributed by atoms with E-state index in [1.54, 1.807) is 6.92 Å². The van der Waals surface area contributed by atoms with Crippen molar-refractivity contribution in [2.24, 2.45) is 0 Å². The van der Waals surface area contributed by atoms with Crippen molar-refractivity contribution in [3.05, 3.63) is 108 Å². The van der Waals surface area contributed by atoms with Crippen molar-refractivity contribution in [3.8, 4) is 11.1 Å². The molecule has 10 heteroatoms. The van der Waals surface area contributed by atoms with E-state index in [0.717, 1.165) is 27.8 Å². The van der Waals surface area contributed by atoms with Gasteiger partial charge in [-0.05, 0) is 34.7 Å². The number of aliphatic carboxylic acids is 1. The number of benzene rings is 3. The first-order chi connectivity index (χ1) is 19.9. The molecule has 4 aromatic rings. The van der Waals surface area contributed by atoms with E-state index in [1.165, 1.54) is 17.1 Å². The van der Waals surface area contributed by atoms with E-state index in [2.05, 4.69) is 27.9 Å². The number of carbonyl (C=O) groups is 3. The molecule has 10 nitrogen and oxygen atoms in total. The summed E-state index contributed by atoms with van der Waals surface area (Å²) in [5.41, 5.74) is 5.73. The number of carboxylic acid groups (broad SMARTS) is 1. The Kier molecular flexibility index (Phi) is 8.40. The lowest BCUT2D eigenvalue weighted by atomic mass is 9.98. The summed E-state index contributed by atoms with van der Waals surface area (Å²) >= 11 is 0. The zero-order chi connectivity index (χ0) is 28.8. The van der Waals surface area contributed by atoms with E-state index in [4.69, 9.17) is 9.47 Å². The van der Waals surface area contributed by atoms with Gasteiger partial charge in [-0.15, -0.1) is 0 Å². The second-order valence-electron chi connectivity index (χ2n) is 9.76. The fraction of sp³-hybridized carbons (Fsp3) is 0.226. The molecule has 0 radical (unpaired) electrons. The molecular formula is C31H30N4O6. The van der Waals surface area contributed by atoms with Crippen LogP contribution in [0.15, 0.2) is 91.3 Å². The minimum absolute atomic E-state index is 0.0687. The molecular weight excluding hydrogens is 524 g/mol. The van der Waals surface area contributed by atoms with Crippen LogP contribution < -0.4 is 10.6 Å². The number of anilines is 1. The Morgan fingerprint density at radius 2 is 1.59 bits per heavy atom. The average molecular weight is 555 g/mol. The third kappa shape index (κ3) is 6.62. The van der Waals surface area contributed by atoms with Crippen molar-refractivity contribution in [1.29, 1.82) is 0 Å². The number of aromatic nitrogens is 2. The van der Waals surface area contributed by atoms with Crippen LogP contribution in [0.4, 0.5) is 10.5 Å². The van der Waals surface area contributed by atoms with E-state index in [1.807, 2.05) is 66.7 Å². The summed E-state index contributed by atoms with van der Waals surface area (Å²) < 4.78 is 12.5. The number of nitrogens with zero attached hydrogens (tertiary/aromatic N) is 2. The van der Waals surface area contributed by atoms with E-state index >= 15 is 0 Å². The molecule has 0 bridgehead atoms. The van der Waals surface area contributed by atoms with Gasteiger partial charge in [-0.1, -0.05) is 78.9 Å². The first-order valence-corrected chi connectivity index (χ1v) is 13.2.